The lowest BCUT2D eigenvalue weighted by atomic mass is 10.3. The summed E-state index contributed by atoms with van der Waals surface area (Å²) >= 11 is 0. The highest BCUT2D eigenvalue weighted by molar-refractivity contribution is 5.84. The Morgan fingerprint density at radius 1 is 1.43 bits per heavy atom. The van der Waals surface area contributed by atoms with E-state index in [0.29, 0.717) is 5.82 Å². The highest BCUT2D eigenvalue weighted by Crippen LogP contribution is 2.31. The highest BCUT2D eigenvalue weighted by atomic mass is 15.1. The zero-order chi connectivity index (χ0) is 9.54. The van der Waals surface area contributed by atoms with Gasteiger partial charge in [0.1, 0.15) is 5.52 Å². The van der Waals surface area contributed by atoms with Gasteiger partial charge in [0.15, 0.2) is 5.82 Å². The molecule has 0 unspecified atom stereocenters. The van der Waals surface area contributed by atoms with E-state index < -0.39 is 0 Å². The first kappa shape index (κ1) is 7.79. The molecule has 0 amide bonds. The van der Waals surface area contributed by atoms with E-state index in [1.807, 2.05) is 12.4 Å². The van der Waals surface area contributed by atoms with Crippen molar-refractivity contribution in [2.75, 3.05) is 5.73 Å². The molecule has 72 valence electrons. The molecule has 1 aliphatic carbocycles. The minimum absolute atomic E-state index is 0.525. The molecule has 2 N–H and O–H groups in total. The number of fused-ring (bicyclic) bond motifs is 1. The van der Waals surface area contributed by atoms with Crippen molar-refractivity contribution in [3.05, 3.63) is 18.6 Å². The third-order valence-electron chi connectivity index (χ3n) is 2.72. The van der Waals surface area contributed by atoms with E-state index in [2.05, 4.69) is 14.5 Å². The molecule has 0 radical (unpaired) electrons. The van der Waals surface area contributed by atoms with E-state index in [-0.39, 0.29) is 0 Å². The Labute approximate surface area is 81.8 Å². The zero-order valence-corrected chi connectivity index (χ0v) is 7.85. The van der Waals surface area contributed by atoms with Crippen molar-refractivity contribution in [2.24, 2.45) is 5.92 Å². The molecule has 14 heavy (non-hydrogen) atoms. The minimum atomic E-state index is 0.525. The molecule has 0 atom stereocenters. The van der Waals surface area contributed by atoms with Crippen LogP contribution in [0.5, 0.6) is 0 Å². The normalized spacial score (nSPS) is 16.3. The molecule has 2 aromatic rings. The van der Waals surface area contributed by atoms with Gasteiger partial charge in [-0.3, -0.25) is 0 Å². The van der Waals surface area contributed by atoms with Gasteiger partial charge in [0.25, 0.3) is 0 Å². The van der Waals surface area contributed by atoms with Crippen LogP contribution in [0.4, 0.5) is 5.82 Å². The van der Waals surface area contributed by atoms with Crippen molar-refractivity contribution in [3.8, 4) is 0 Å². The number of hydrogen-bond acceptors (Lipinski definition) is 3. The second-order valence-corrected chi connectivity index (χ2v) is 3.90. The van der Waals surface area contributed by atoms with Gasteiger partial charge in [-0.1, -0.05) is 0 Å². The summed E-state index contributed by atoms with van der Waals surface area (Å²) < 4.78 is 2.17. The van der Waals surface area contributed by atoms with E-state index in [4.69, 9.17) is 5.73 Å². The number of rotatable bonds is 2. The predicted octanol–water partition coefficient (Wildman–Crippen LogP) is 1.42. The number of nitrogens with two attached hydrogens (primary N) is 1. The maximum atomic E-state index is 5.73. The molecule has 4 heteroatoms. The van der Waals surface area contributed by atoms with Crippen molar-refractivity contribution in [3.63, 3.8) is 0 Å². The number of anilines is 1. The second kappa shape index (κ2) is 2.70. The van der Waals surface area contributed by atoms with Crippen LogP contribution in [0.25, 0.3) is 11.0 Å². The van der Waals surface area contributed by atoms with Crippen LogP contribution in [0.3, 0.4) is 0 Å². The average molecular weight is 188 g/mol. The summed E-state index contributed by atoms with van der Waals surface area (Å²) in [6, 6.07) is 1.97. The summed E-state index contributed by atoms with van der Waals surface area (Å²) in [5.74, 6) is 1.37. The molecule has 0 aliphatic heterocycles. The van der Waals surface area contributed by atoms with Crippen molar-refractivity contribution in [1.82, 2.24) is 14.5 Å². The number of nitrogen functional groups attached to an aromatic ring is 1. The molecule has 2 heterocycles. The molecule has 1 aliphatic rings. The van der Waals surface area contributed by atoms with Crippen LogP contribution in [0, 0.1) is 5.92 Å². The summed E-state index contributed by atoms with van der Waals surface area (Å²) in [6.45, 7) is 1.07. The van der Waals surface area contributed by atoms with Crippen molar-refractivity contribution in [2.45, 2.75) is 19.4 Å². The Balaban J connectivity index is 2.10. The van der Waals surface area contributed by atoms with Gasteiger partial charge in [-0.15, -0.1) is 0 Å². The average Bonchev–Trinajstić information content (AvgIpc) is 2.88. The molecule has 0 aromatic carbocycles. The van der Waals surface area contributed by atoms with Crippen molar-refractivity contribution in [1.29, 1.82) is 0 Å². The molecule has 2 aromatic heterocycles. The van der Waals surface area contributed by atoms with Gasteiger partial charge >= 0.3 is 0 Å². The van der Waals surface area contributed by atoms with Crippen LogP contribution in [0.1, 0.15) is 12.8 Å². The zero-order valence-electron chi connectivity index (χ0n) is 7.85. The molecule has 0 saturated heterocycles. The Morgan fingerprint density at radius 2 is 2.29 bits per heavy atom. The molecule has 1 saturated carbocycles. The summed E-state index contributed by atoms with van der Waals surface area (Å²) in [7, 11) is 0. The Morgan fingerprint density at radius 3 is 3.07 bits per heavy atom. The van der Waals surface area contributed by atoms with Crippen LogP contribution in [0.2, 0.25) is 0 Å². The fourth-order valence-corrected chi connectivity index (χ4v) is 1.74. The predicted molar refractivity (Wildman–Crippen MR) is 54.7 cm³/mol. The first-order valence-corrected chi connectivity index (χ1v) is 4.90. The fourth-order valence-electron chi connectivity index (χ4n) is 1.74. The molecule has 4 nitrogen and oxygen atoms in total. The van der Waals surface area contributed by atoms with E-state index in [1.165, 1.54) is 12.8 Å². The third-order valence-corrected chi connectivity index (χ3v) is 2.72. The van der Waals surface area contributed by atoms with Crippen molar-refractivity contribution < 1.29 is 0 Å². The smallest absolute Gasteiger partial charge is 0.151 e. The Kier molecular flexibility index (Phi) is 1.50. The molecule has 1 fully saturated rings. The number of hydrogen-bond donors (Lipinski definition) is 1. The van der Waals surface area contributed by atoms with E-state index in [0.717, 1.165) is 23.5 Å². The number of aromatic nitrogens is 3. The standard InChI is InChI=1S/C10H12N4/c11-10-9-8(3-4-12-10)14(6-13-9)5-7-1-2-7/h3-4,6-7H,1-2,5H2,(H2,11,12). The van der Waals surface area contributed by atoms with Crippen LogP contribution in [-0.4, -0.2) is 14.5 Å². The quantitative estimate of drug-likeness (QED) is 0.775. The maximum Gasteiger partial charge on any atom is 0.151 e. The number of imidazole rings is 1. The van der Waals surface area contributed by atoms with E-state index in [1.54, 1.807) is 6.20 Å². The van der Waals surface area contributed by atoms with Crippen LogP contribution < -0.4 is 5.73 Å². The van der Waals surface area contributed by atoms with Gasteiger partial charge in [0, 0.05) is 12.7 Å². The lowest BCUT2D eigenvalue weighted by Gasteiger charge is -2.01. The topological polar surface area (TPSA) is 56.7 Å². The lowest BCUT2D eigenvalue weighted by molar-refractivity contribution is 0.642. The molecular weight excluding hydrogens is 176 g/mol. The summed E-state index contributed by atoms with van der Waals surface area (Å²) in [5.41, 5.74) is 7.66. The summed E-state index contributed by atoms with van der Waals surface area (Å²) in [4.78, 5) is 8.29. The first-order valence-electron chi connectivity index (χ1n) is 4.90. The molecule has 0 bridgehead atoms. The Hall–Kier alpha value is -1.58. The van der Waals surface area contributed by atoms with Gasteiger partial charge in [-0.25, -0.2) is 9.97 Å². The highest BCUT2D eigenvalue weighted by Gasteiger charge is 2.22. The molecule has 3 rings (SSSR count). The van der Waals surface area contributed by atoms with Crippen molar-refractivity contribution >= 4 is 16.9 Å². The van der Waals surface area contributed by atoms with Crippen LogP contribution in [0.15, 0.2) is 18.6 Å². The molecule has 0 spiro atoms. The third kappa shape index (κ3) is 1.14. The van der Waals surface area contributed by atoms with Gasteiger partial charge in [-0.05, 0) is 24.8 Å². The summed E-state index contributed by atoms with van der Waals surface area (Å²) in [5, 5.41) is 0. The van der Waals surface area contributed by atoms with E-state index in [9.17, 15) is 0 Å². The second-order valence-electron chi connectivity index (χ2n) is 3.90. The van der Waals surface area contributed by atoms with E-state index >= 15 is 0 Å². The molecular formula is C10H12N4. The number of pyridine rings is 1. The van der Waals surface area contributed by atoms with Crippen LogP contribution >= 0.6 is 0 Å². The SMILES string of the molecule is Nc1nccc2c1ncn2CC1CC1. The van der Waals surface area contributed by atoms with Gasteiger partial charge < -0.3 is 10.3 Å². The minimum Gasteiger partial charge on any atom is -0.382 e. The first-order chi connectivity index (χ1) is 6.84. The summed E-state index contributed by atoms with van der Waals surface area (Å²) in [6.07, 6.45) is 6.30. The Bertz CT molecular complexity index is 470. The lowest BCUT2D eigenvalue weighted by Crippen LogP contribution is -1.98. The largest absolute Gasteiger partial charge is 0.382 e. The van der Waals surface area contributed by atoms with Gasteiger partial charge in [0.05, 0.1) is 11.8 Å². The monoisotopic (exact) mass is 188 g/mol. The number of nitrogens with zero attached hydrogens (tertiary/aromatic N) is 3. The maximum absolute atomic E-state index is 5.73. The fraction of sp³-hybridized carbons (Fsp3) is 0.400. The van der Waals surface area contributed by atoms with Gasteiger partial charge in [0.2, 0.25) is 0 Å². The van der Waals surface area contributed by atoms with Crippen LogP contribution in [-0.2, 0) is 6.54 Å². The van der Waals surface area contributed by atoms with Gasteiger partial charge in [-0.2, -0.15) is 0 Å².